The molecule has 0 spiro atoms. The fourth-order valence-electron chi connectivity index (χ4n) is 1.53. The molecule has 0 radical (unpaired) electrons. The SMILES string of the molecule is CCC[C@H](N)C(=O)N(CC(N)=O)CC(C)C. The van der Waals surface area contributed by atoms with Gasteiger partial charge in [0.05, 0.1) is 12.6 Å². The van der Waals surface area contributed by atoms with Crippen molar-refractivity contribution in [2.45, 2.75) is 39.7 Å². The van der Waals surface area contributed by atoms with Crippen LogP contribution in [0.1, 0.15) is 33.6 Å². The molecule has 0 rings (SSSR count). The number of hydrogen-bond acceptors (Lipinski definition) is 3. The van der Waals surface area contributed by atoms with Gasteiger partial charge < -0.3 is 16.4 Å². The van der Waals surface area contributed by atoms with Crippen molar-refractivity contribution in [1.29, 1.82) is 0 Å². The molecule has 0 saturated heterocycles. The predicted molar refractivity (Wildman–Crippen MR) is 63.5 cm³/mol. The molecule has 16 heavy (non-hydrogen) atoms. The Labute approximate surface area is 97.2 Å². The van der Waals surface area contributed by atoms with Crippen molar-refractivity contribution >= 4 is 11.8 Å². The van der Waals surface area contributed by atoms with Crippen LogP contribution in [0.25, 0.3) is 0 Å². The number of carbonyl (C=O) groups excluding carboxylic acids is 2. The van der Waals surface area contributed by atoms with Crippen molar-refractivity contribution < 1.29 is 9.59 Å². The van der Waals surface area contributed by atoms with Crippen LogP contribution >= 0.6 is 0 Å². The van der Waals surface area contributed by atoms with E-state index in [0.717, 1.165) is 6.42 Å². The Bertz CT molecular complexity index is 241. The largest absolute Gasteiger partial charge is 0.368 e. The minimum absolute atomic E-state index is 0.0472. The van der Waals surface area contributed by atoms with E-state index in [-0.39, 0.29) is 18.4 Å². The molecule has 0 aliphatic rings. The van der Waals surface area contributed by atoms with Crippen LogP contribution in [0.2, 0.25) is 0 Å². The van der Waals surface area contributed by atoms with Crippen molar-refractivity contribution in [3.63, 3.8) is 0 Å². The van der Waals surface area contributed by atoms with Crippen LogP contribution in [0, 0.1) is 5.92 Å². The van der Waals surface area contributed by atoms with E-state index in [0.29, 0.717) is 13.0 Å². The third-order valence-corrected chi connectivity index (χ3v) is 2.16. The molecule has 5 heteroatoms. The number of nitrogens with zero attached hydrogens (tertiary/aromatic N) is 1. The quantitative estimate of drug-likeness (QED) is 0.648. The fraction of sp³-hybridized carbons (Fsp3) is 0.818. The first kappa shape index (κ1) is 14.9. The monoisotopic (exact) mass is 229 g/mol. The summed E-state index contributed by atoms with van der Waals surface area (Å²) in [5.74, 6) is -0.399. The van der Waals surface area contributed by atoms with Crippen LogP contribution in [0.3, 0.4) is 0 Å². The van der Waals surface area contributed by atoms with Crippen LogP contribution in [0.15, 0.2) is 0 Å². The Balaban J connectivity index is 4.48. The highest BCUT2D eigenvalue weighted by Gasteiger charge is 2.22. The highest BCUT2D eigenvalue weighted by atomic mass is 16.2. The number of nitrogens with two attached hydrogens (primary N) is 2. The molecule has 0 aromatic heterocycles. The molecule has 0 bridgehead atoms. The zero-order valence-electron chi connectivity index (χ0n) is 10.4. The summed E-state index contributed by atoms with van der Waals surface area (Å²) in [6.07, 6.45) is 1.48. The van der Waals surface area contributed by atoms with E-state index in [4.69, 9.17) is 11.5 Å². The average Bonchev–Trinajstić information content (AvgIpc) is 2.14. The van der Waals surface area contributed by atoms with Crippen molar-refractivity contribution in [2.24, 2.45) is 17.4 Å². The zero-order chi connectivity index (χ0) is 12.7. The van der Waals surface area contributed by atoms with E-state index in [1.807, 2.05) is 20.8 Å². The number of carbonyl (C=O) groups is 2. The lowest BCUT2D eigenvalue weighted by Gasteiger charge is -2.26. The van der Waals surface area contributed by atoms with Gasteiger partial charge in [0.1, 0.15) is 0 Å². The van der Waals surface area contributed by atoms with E-state index < -0.39 is 11.9 Å². The Kier molecular flexibility index (Phi) is 6.72. The summed E-state index contributed by atoms with van der Waals surface area (Å²) in [4.78, 5) is 24.2. The van der Waals surface area contributed by atoms with Gasteiger partial charge in [0.2, 0.25) is 11.8 Å². The highest BCUT2D eigenvalue weighted by molar-refractivity contribution is 5.86. The molecule has 4 N–H and O–H groups in total. The average molecular weight is 229 g/mol. The van der Waals surface area contributed by atoms with Gasteiger partial charge in [-0.2, -0.15) is 0 Å². The summed E-state index contributed by atoms with van der Waals surface area (Å²) in [5, 5.41) is 0. The minimum atomic E-state index is -0.525. The molecule has 0 aliphatic carbocycles. The molecule has 5 nitrogen and oxygen atoms in total. The van der Waals surface area contributed by atoms with Crippen molar-refractivity contribution in [1.82, 2.24) is 4.90 Å². The van der Waals surface area contributed by atoms with Gasteiger partial charge in [0, 0.05) is 6.54 Å². The van der Waals surface area contributed by atoms with E-state index >= 15 is 0 Å². The summed E-state index contributed by atoms with van der Waals surface area (Å²) in [6, 6.07) is -0.525. The Hall–Kier alpha value is -1.10. The molecule has 0 heterocycles. The topological polar surface area (TPSA) is 89.4 Å². The van der Waals surface area contributed by atoms with E-state index in [9.17, 15) is 9.59 Å². The fourth-order valence-corrected chi connectivity index (χ4v) is 1.53. The summed E-state index contributed by atoms with van der Waals surface area (Å²) < 4.78 is 0. The van der Waals surface area contributed by atoms with E-state index in [1.54, 1.807) is 0 Å². The van der Waals surface area contributed by atoms with Crippen LogP contribution in [-0.4, -0.2) is 35.8 Å². The lowest BCUT2D eigenvalue weighted by atomic mass is 10.1. The van der Waals surface area contributed by atoms with Gasteiger partial charge in [-0.25, -0.2) is 0 Å². The molecule has 2 amide bonds. The molecule has 0 saturated carbocycles. The Morgan fingerprint density at radius 3 is 2.25 bits per heavy atom. The second-order valence-corrected chi connectivity index (χ2v) is 4.47. The second-order valence-electron chi connectivity index (χ2n) is 4.47. The summed E-state index contributed by atoms with van der Waals surface area (Å²) in [5.41, 5.74) is 10.8. The smallest absolute Gasteiger partial charge is 0.239 e. The van der Waals surface area contributed by atoms with Crippen molar-refractivity contribution in [3.05, 3.63) is 0 Å². The maximum Gasteiger partial charge on any atom is 0.239 e. The summed E-state index contributed by atoms with van der Waals surface area (Å²) >= 11 is 0. The minimum Gasteiger partial charge on any atom is -0.368 e. The summed E-state index contributed by atoms with van der Waals surface area (Å²) in [6.45, 7) is 6.39. The van der Waals surface area contributed by atoms with Crippen LogP contribution in [0.5, 0.6) is 0 Å². The normalized spacial score (nSPS) is 12.6. The lowest BCUT2D eigenvalue weighted by molar-refractivity contribution is -0.136. The van der Waals surface area contributed by atoms with Crippen molar-refractivity contribution in [3.8, 4) is 0 Å². The first-order valence-corrected chi connectivity index (χ1v) is 5.71. The van der Waals surface area contributed by atoms with Crippen LogP contribution in [-0.2, 0) is 9.59 Å². The first-order valence-electron chi connectivity index (χ1n) is 5.71. The lowest BCUT2D eigenvalue weighted by Crippen LogP contribution is -2.48. The van der Waals surface area contributed by atoms with Crippen molar-refractivity contribution in [2.75, 3.05) is 13.1 Å². The van der Waals surface area contributed by atoms with Gasteiger partial charge in [0.25, 0.3) is 0 Å². The van der Waals surface area contributed by atoms with E-state index in [1.165, 1.54) is 4.90 Å². The summed E-state index contributed by atoms with van der Waals surface area (Å²) in [7, 11) is 0. The first-order chi connectivity index (χ1) is 7.38. The van der Waals surface area contributed by atoms with E-state index in [2.05, 4.69) is 0 Å². The maximum atomic E-state index is 11.9. The van der Waals surface area contributed by atoms with Gasteiger partial charge in [-0.1, -0.05) is 27.2 Å². The molecule has 0 aliphatic heterocycles. The highest BCUT2D eigenvalue weighted by Crippen LogP contribution is 2.04. The molecule has 0 unspecified atom stereocenters. The Morgan fingerprint density at radius 2 is 1.88 bits per heavy atom. The van der Waals surface area contributed by atoms with Gasteiger partial charge >= 0.3 is 0 Å². The number of primary amides is 1. The molecule has 0 fully saturated rings. The third kappa shape index (κ3) is 5.70. The molecule has 94 valence electrons. The zero-order valence-corrected chi connectivity index (χ0v) is 10.4. The van der Waals surface area contributed by atoms with Gasteiger partial charge in [0.15, 0.2) is 0 Å². The molecule has 0 aromatic carbocycles. The van der Waals surface area contributed by atoms with Crippen LogP contribution in [0.4, 0.5) is 0 Å². The number of rotatable bonds is 7. The molecule has 0 aromatic rings. The number of amides is 2. The molecule has 1 atom stereocenters. The molecular formula is C11H23N3O2. The second kappa shape index (κ2) is 7.22. The van der Waals surface area contributed by atoms with Gasteiger partial charge in [-0.15, -0.1) is 0 Å². The Morgan fingerprint density at radius 1 is 1.31 bits per heavy atom. The predicted octanol–water partition coefficient (Wildman–Crippen LogP) is 0.0837. The number of hydrogen-bond donors (Lipinski definition) is 2. The van der Waals surface area contributed by atoms with Crippen LogP contribution < -0.4 is 11.5 Å². The van der Waals surface area contributed by atoms with Gasteiger partial charge in [-0.05, 0) is 12.3 Å². The molecular weight excluding hydrogens is 206 g/mol. The standard InChI is InChI=1S/C11H23N3O2/c1-4-5-9(12)11(16)14(6-8(2)3)7-10(13)15/h8-9H,4-7,12H2,1-3H3,(H2,13,15)/t9-/m0/s1. The third-order valence-electron chi connectivity index (χ3n) is 2.16. The maximum absolute atomic E-state index is 11.9. The van der Waals surface area contributed by atoms with Gasteiger partial charge in [-0.3, -0.25) is 9.59 Å².